The molecule has 158 valence electrons. The molecule has 1 N–H and O–H groups in total. The largest absolute Gasteiger partial charge is 0.486 e. The number of nitrogens with one attached hydrogen (secondary N) is 1. The lowest BCUT2D eigenvalue weighted by atomic mass is 9.88. The molecule has 2 aromatic rings. The minimum atomic E-state index is -0.0203. The number of nitrogens with zero attached hydrogens (tertiary/aromatic N) is 1. The van der Waals surface area contributed by atoms with E-state index >= 15 is 0 Å². The molecule has 1 saturated heterocycles. The Morgan fingerprint density at radius 2 is 1.73 bits per heavy atom. The zero-order valence-electron chi connectivity index (χ0n) is 17.3. The molecule has 0 spiro atoms. The molecule has 1 atom stereocenters. The Kier molecular flexibility index (Phi) is 6.33. The molecule has 2 aliphatic heterocycles. The molecule has 1 fully saturated rings. The van der Waals surface area contributed by atoms with E-state index in [9.17, 15) is 9.59 Å². The van der Waals surface area contributed by atoms with E-state index in [1.807, 2.05) is 49.4 Å². The highest BCUT2D eigenvalue weighted by atomic mass is 16.6. The van der Waals surface area contributed by atoms with E-state index in [0.29, 0.717) is 36.8 Å². The Balaban J connectivity index is 1.26. The van der Waals surface area contributed by atoms with Crippen LogP contribution >= 0.6 is 0 Å². The first-order valence-electron chi connectivity index (χ1n) is 10.6. The summed E-state index contributed by atoms with van der Waals surface area (Å²) in [5, 5.41) is 3.06. The van der Waals surface area contributed by atoms with E-state index in [2.05, 4.69) is 10.2 Å². The quantitative estimate of drug-likeness (QED) is 0.744. The maximum absolute atomic E-state index is 12.9. The van der Waals surface area contributed by atoms with Crippen molar-refractivity contribution < 1.29 is 19.1 Å². The summed E-state index contributed by atoms with van der Waals surface area (Å²) < 4.78 is 11.1. The number of carbonyl (C=O) groups excluding carboxylic acids is 2. The molecule has 1 unspecified atom stereocenters. The topological polar surface area (TPSA) is 67.9 Å². The van der Waals surface area contributed by atoms with Crippen LogP contribution in [0.2, 0.25) is 0 Å². The normalized spacial score (nSPS) is 17.9. The van der Waals surface area contributed by atoms with Gasteiger partial charge in [-0.1, -0.05) is 30.3 Å². The summed E-state index contributed by atoms with van der Waals surface area (Å²) in [6, 6.07) is 15.3. The van der Waals surface area contributed by atoms with Gasteiger partial charge in [-0.15, -0.1) is 0 Å². The van der Waals surface area contributed by atoms with Gasteiger partial charge in [0.15, 0.2) is 17.3 Å². The molecule has 0 aromatic heterocycles. The molecule has 6 heteroatoms. The molecule has 0 radical (unpaired) electrons. The second-order valence-electron chi connectivity index (χ2n) is 7.97. The fourth-order valence-electron chi connectivity index (χ4n) is 4.10. The second kappa shape index (κ2) is 9.30. The van der Waals surface area contributed by atoms with E-state index in [1.54, 1.807) is 6.07 Å². The number of fused-ring (bicyclic) bond motifs is 1. The molecule has 2 aromatic carbocycles. The third-order valence-corrected chi connectivity index (χ3v) is 5.83. The third-order valence-electron chi connectivity index (χ3n) is 5.83. The van der Waals surface area contributed by atoms with Crippen LogP contribution in [-0.2, 0) is 4.79 Å². The van der Waals surface area contributed by atoms with Crippen LogP contribution in [0.15, 0.2) is 48.5 Å². The number of carbonyl (C=O) groups is 2. The van der Waals surface area contributed by atoms with Gasteiger partial charge in [0.2, 0.25) is 5.91 Å². The molecule has 4 rings (SSSR count). The predicted octanol–water partition coefficient (Wildman–Crippen LogP) is 3.23. The molecular formula is C24H28N2O4. The first-order chi connectivity index (χ1) is 14.6. The van der Waals surface area contributed by atoms with Gasteiger partial charge >= 0.3 is 0 Å². The Hall–Kier alpha value is -2.86. The maximum Gasteiger partial charge on any atom is 0.234 e. The smallest absolute Gasteiger partial charge is 0.234 e. The molecule has 0 bridgehead atoms. The number of hydrogen-bond acceptors (Lipinski definition) is 5. The molecule has 2 heterocycles. The molecule has 6 nitrogen and oxygen atoms in total. The van der Waals surface area contributed by atoms with Crippen molar-refractivity contribution in [3.63, 3.8) is 0 Å². The van der Waals surface area contributed by atoms with Gasteiger partial charge in [-0.2, -0.15) is 0 Å². The third kappa shape index (κ3) is 4.82. The summed E-state index contributed by atoms with van der Waals surface area (Å²) in [6.07, 6.45) is 1.52. The average molecular weight is 408 g/mol. The maximum atomic E-state index is 12.9. The number of Topliss-reactive ketones (excluding diaryl/α,β-unsaturated/α-hetero) is 1. The summed E-state index contributed by atoms with van der Waals surface area (Å²) in [7, 11) is 0. The van der Waals surface area contributed by atoms with E-state index in [0.717, 1.165) is 31.5 Å². The van der Waals surface area contributed by atoms with Crippen LogP contribution in [0.1, 0.15) is 41.7 Å². The second-order valence-corrected chi connectivity index (χ2v) is 7.97. The van der Waals surface area contributed by atoms with Crippen molar-refractivity contribution in [3.05, 3.63) is 59.7 Å². The minimum Gasteiger partial charge on any atom is -0.486 e. The Morgan fingerprint density at radius 3 is 2.47 bits per heavy atom. The lowest BCUT2D eigenvalue weighted by Gasteiger charge is -2.31. The van der Waals surface area contributed by atoms with Crippen molar-refractivity contribution >= 4 is 11.7 Å². The number of benzene rings is 2. The molecular weight excluding hydrogens is 380 g/mol. The summed E-state index contributed by atoms with van der Waals surface area (Å²) in [5.74, 6) is 1.49. The van der Waals surface area contributed by atoms with Gasteiger partial charge in [0.1, 0.15) is 13.2 Å². The monoisotopic (exact) mass is 408 g/mol. The van der Waals surface area contributed by atoms with E-state index in [4.69, 9.17) is 9.47 Å². The minimum absolute atomic E-state index is 0.0166. The highest BCUT2D eigenvalue weighted by Crippen LogP contribution is 2.32. The highest BCUT2D eigenvalue weighted by Gasteiger charge is 2.27. The van der Waals surface area contributed by atoms with Crippen molar-refractivity contribution in [2.75, 3.05) is 32.8 Å². The lowest BCUT2D eigenvalue weighted by molar-refractivity contribution is -0.123. The first kappa shape index (κ1) is 20.4. The van der Waals surface area contributed by atoms with Crippen molar-refractivity contribution in [3.8, 4) is 11.5 Å². The number of rotatable bonds is 6. The average Bonchev–Trinajstić information content (AvgIpc) is 2.79. The van der Waals surface area contributed by atoms with Gasteiger partial charge in [0.25, 0.3) is 0 Å². The Labute approximate surface area is 177 Å². The van der Waals surface area contributed by atoms with Crippen LogP contribution in [0, 0.1) is 5.92 Å². The van der Waals surface area contributed by atoms with Crippen LogP contribution in [0.5, 0.6) is 11.5 Å². The van der Waals surface area contributed by atoms with Gasteiger partial charge in [0, 0.05) is 11.5 Å². The van der Waals surface area contributed by atoms with Crippen LogP contribution in [0.25, 0.3) is 0 Å². The van der Waals surface area contributed by atoms with Crippen LogP contribution in [0.3, 0.4) is 0 Å². The van der Waals surface area contributed by atoms with Crippen molar-refractivity contribution in [1.29, 1.82) is 0 Å². The fraction of sp³-hybridized carbons (Fsp3) is 0.417. The molecule has 0 aliphatic carbocycles. The highest BCUT2D eigenvalue weighted by molar-refractivity contribution is 5.98. The van der Waals surface area contributed by atoms with Crippen LogP contribution < -0.4 is 14.8 Å². The van der Waals surface area contributed by atoms with Crippen LogP contribution in [0.4, 0.5) is 0 Å². The summed E-state index contributed by atoms with van der Waals surface area (Å²) >= 11 is 0. The molecule has 0 saturated carbocycles. The Morgan fingerprint density at radius 1 is 1.03 bits per heavy atom. The van der Waals surface area contributed by atoms with Gasteiger partial charge < -0.3 is 14.8 Å². The SMILES string of the molecule is CC(NC(=O)CN1CCC(C(=O)c2ccc3c(c2)OCCO3)CC1)c1ccccc1. The molecule has 1 amide bonds. The number of amides is 1. The Bertz CT molecular complexity index is 891. The van der Waals surface area contributed by atoms with Gasteiger partial charge in [-0.05, 0) is 56.6 Å². The van der Waals surface area contributed by atoms with Crippen molar-refractivity contribution in [1.82, 2.24) is 10.2 Å². The van der Waals surface area contributed by atoms with Gasteiger partial charge in [0.05, 0.1) is 12.6 Å². The number of likely N-dealkylation sites (tertiary alicyclic amines) is 1. The first-order valence-corrected chi connectivity index (χ1v) is 10.6. The molecule has 30 heavy (non-hydrogen) atoms. The summed E-state index contributed by atoms with van der Waals surface area (Å²) in [5.41, 5.74) is 1.77. The zero-order chi connectivity index (χ0) is 20.9. The fourth-order valence-corrected chi connectivity index (χ4v) is 4.10. The van der Waals surface area contributed by atoms with E-state index in [-0.39, 0.29) is 23.7 Å². The molecule has 2 aliphatic rings. The summed E-state index contributed by atoms with van der Waals surface area (Å²) in [6.45, 7) is 4.89. The number of ketones is 1. The van der Waals surface area contributed by atoms with Crippen LogP contribution in [-0.4, -0.2) is 49.4 Å². The van der Waals surface area contributed by atoms with Crippen molar-refractivity contribution in [2.45, 2.75) is 25.8 Å². The number of ether oxygens (including phenoxy) is 2. The summed E-state index contributed by atoms with van der Waals surface area (Å²) in [4.78, 5) is 27.5. The van der Waals surface area contributed by atoms with E-state index < -0.39 is 0 Å². The zero-order valence-corrected chi connectivity index (χ0v) is 17.3. The van der Waals surface area contributed by atoms with Crippen molar-refractivity contribution in [2.24, 2.45) is 5.92 Å². The number of piperidine rings is 1. The van der Waals surface area contributed by atoms with Gasteiger partial charge in [-0.25, -0.2) is 0 Å². The lowest BCUT2D eigenvalue weighted by Crippen LogP contribution is -2.43. The number of hydrogen-bond donors (Lipinski definition) is 1. The van der Waals surface area contributed by atoms with E-state index in [1.165, 1.54) is 0 Å². The standard InChI is InChI=1S/C24H28N2O4/c1-17(18-5-3-2-4-6-18)25-23(27)16-26-11-9-19(10-12-26)24(28)20-7-8-21-22(15-20)30-14-13-29-21/h2-8,15,17,19H,9-14,16H2,1H3,(H,25,27). The predicted molar refractivity (Wildman–Crippen MR) is 114 cm³/mol. The van der Waals surface area contributed by atoms with Gasteiger partial charge in [-0.3, -0.25) is 14.5 Å².